The number of allylic oxidation sites excluding steroid dienone is 1. The van der Waals surface area contributed by atoms with Gasteiger partial charge in [0.15, 0.2) is 0 Å². The van der Waals surface area contributed by atoms with Crippen LogP contribution in [0.15, 0.2) is 36.6 Å². The van der Waals surface area contributed by atoms with Crippen molar-refractivity contribution in [1.82, 2.24) is 4.90 Å². The third-order valence-electron chi connectivity index (χ3n) is 11.1. The lowest BCUT2D eigenvalue weighted by molar-refractivity contribution is 0.0653. The first kappa shape index (κ1) is 29.2. The summed E-state index contributed by atoms with van der Waals surface area (Å²) < 4.78 is 5.84. The van der Waals surface area contributed by atoms with Crippen molar-refractivity contribution in [3.63, 3.8) is 0 Å². The summed E-state index contributed by atoms with van der Waals surface area (Å²) in [5, 5.41) is 0. The maximum absolute atomic E-state index is 5.84. The van der Waals surface area contributed by atoms with E-state index in [9.17, 15) is 0 Å². The second-order valence-electron chi connectivity index (χ2n) is 14.0. The molecule has 4 fully saturated rings. The van der Waals surface area contributed by atoms with E-state index in [2.05, 4.69) is 42.7 Å². The molecule has 1 aromatic carbocycles. The van der Waals surface area contributed by atoms with Crippen LogP contribution in [-0.2, 0) is 4.74 Å². The predicted molar refractivity (Wildman–Crippen MR) is 166 cm³/mol. The van der Waals surface area contributed by atoms with Crippen LogP contribution >= 0.6 is 0 Å². The van der Waals surface area contributed by atoms with Crippen molar-refractivity contribution in [3.05, 3.63) is 47.7 Å². The van der Waals surface area contributed by atoms with E-state index in [1.807, 2.05) is 0 Å². The second-order valence-corrected chi connectivity index (χ2v) is 14.0. The molecule has 0 bridgehead atoms. The largest absolute Gasteiger partial charge is 0.499 e. The topological polar surface area (TPSA) is 12.5 Å². The van der Waals surface area contributed by atoms with Gasteiger partial charge in [-0.05, 0) is 105 Å². The Morgan fingerprint density at radius 3 is 1.79 bits per heavy atom. The first-order chi connectivity index (χ1) is 19.2. The van der Waals surface area contributed by atoms with Gasteiger partial charge in [0, 0.05) is 25.6 Å². The van der Waals surface area contributed by atoms with E-state index in [1.165, 1.54) is 129 Å². The molecule has 0 radical (unpaired) electrons. The highest BCUT2D eigenvalue weighted by Crippen LogP contribution is 2.43. The van der Waals surface area contributed by atoms with Crippen molar-refractivity contribution in [2.24, 2.45) is 17.8 Å². The van der Waals surface area contributed by atoms with E-state index < -0.39 is 0 Å². The highest BCUT2D eigenvalue weighted by molar-refractivity contribution is 5.29. The minimum Gasteiger partial charge on any atom is -0.499 e. The maximum Gasteiger partial charge on any atom is 0.0890 e. The van der Waals surface area contributed by atoms with Gasteiger partial charge in [-0.1, -0.05) is 88.6 Å². The fraction of sp³-hybridized carbons (Fsp3) is 0.784. The van der Waals surface area contributed by atoms with Gasteiger partial charge in [0.05, 0.1) is 12.4 Å². The van der Waals surface area contributed by atoms with Gasteiger partial charge in [0.25, 0.3) is 0 Å². The van der Waals surface area contributed by atoms with Crippen LogP contribution in [0.25, 0.3) is 0 Å². The summed E-state index contributed by atoms with van der Waals surface area (Å²) in [5.41, 5.74) is 3.22. The monoisotopic (exact) mass is 533 g/mol. The second kappa shape index (κ2) is 15.1. The van der Waals surface area contributed by atoms with Crippen LogP contribution in [-0.4, -0.2) is 30.6 Å². The molecular weight excluding hydrogens is 474 g/mol. The van der Waals surface area contributed by atoms with E-state index in [4.69, 9.17) is 4.74 Å². The predicted octanol–water partition coefficient (Wildman–Crippen LogP) is 10.4. The Kier molecular flexibility index (Phi) is 11.3. The van der Waals surface area contributed by atoms with Crippen molar-refractivity contribution in [2.45, 2.75) is 147 Å². The normalized spacial score (nSPS) is 28.0. The molecule has 0 saturated heterocycles. The molecule has 5 rings (SSSR count). The Hall–Kier alpha value is -1.28. The summed E-state index contributed by atoms with van der Waals surface area (Å²) in [5.74, 6) is 5.00. The molecule has 0 spiro atoms. The molecule has 2 unspecified atom stereocenters. The molecule has 2 nitrogen and oxygen atoms in total. The lowest BCUT2D eigenvalue weighted by Crippen LogP contribution is -2.47. The third-order valence-corrected chi connectivity index (χ3v) is 11.1. The molecule has 0 N–H and O–H groups in total. The first-order valence-corrected chi connectivity index (χ1v) is 17.3. The number of rotatable bonds is 11. The molecule has 1 aromatic rings. The van der Waals surface area contributed by atoms with E-state index in [1.54, 1.807) is 11.1 Å². The van der Waals surface area contributed by atoms with Crippen LogP contribution in [0.2, 0.25) is 0 Å². The number of nitrogens with zero attached hydrogens (tertiary/aromatic N) is 1. The number of hydrogen-bond acceptors (Lipinski definition) is 2. The summed E-state index contributed by atoms with van der Waals surface area (Å²) in [6.45, 7) is 9.82. The summed E-state index contributed by atoms with van der Waals surface area (Å²) in [7, 11) is 0. The van der Waals surface area contributed by atoms with Gasteiger partial charge in [-0.15, -0.1) is 0 Å². The van der Waals surface area contributed by atoms with E-state index in [0.717, 1.165) is 36.5 Å². The highest BCUT2D eigenvalue weighted by Gasteiger charge is 2.37. The average Bonchev–Trinajstić information content (AvgIpc) is 2.99. The Balaban J connectivity index is 1.36. The average molecular weight is 534 g/mol. The zero-order chi connectivity index (χ0) is 26.9. The molecule has 4 saturated carbocycles. The Morgan fingerprint density at radius 2 is 1.23 bits per heavy atom. The van der Waals surface area contributed by atoms with Gasteiger partial charge >= 0.3 is 0 Å². The van der Waals surface area contributed by atoms with Crippen molar-refractivity contribution in [3.8, 4) is 0 Å². The van der Waals surface area contributed by atoms with Crippen LogP contribution in [0.1, 0.15) is 152 Å². The molecule has 2 heteroatoms. The molecule has 0 aliphatic heterocycles. The van der Waals surface area contributed by atoms with Gasteiger partial charge in [-0.2, -0.15) is 0 Å². The van der Waals surface area contributed by atoms with Crippen LogP contribution in [0.4, 0.5) is 0 Å². The lowest BCUT2D eigenvalue weighted by atomic mass is 9.72. The fourth-order valence-electron chi connectivity index (χ4n) is 9.01. The van der Waals surface area contributed by atoms with Crippen LogP contribution in [0.3, 0.4) is 0 Å². The Morgan fingerprint density at radius 1 is 0.692 bits per heavy atom. The molecule has 39 heavy (non-hydrogen) atoms. The van der Waals surface area contributed by atoms with Gasteiger partial charge in [-0.3, -0.25) is 4.90 Å². The highest BCUT2D eigenvalue weighted by atomic mass is 16.5. The van der Waals surface area contributed by atoms with Crippen molar-refractivity contribution >= 4 is 0 Å². The SMILES string of the molecule is C=C(CC1CC[C@@H](N(CC2CCCCC2)CC2CCCCC2)C(c2ccc(C3CCCCC3)cc2)C1)OCC. The van der Waals surface area contributed by atoms with Crippen LogP contribution in [0, 0.1) is 17.8 Å². The minimum absolute atomic E-state index is 0.644. The molecule has 4 aliphatic carbocycles. The summed E-state index contributed by atoms with van der Waals surface area (Å²) >= 11 is 0. The third kappa shape index (κ3) is 8.37. The van der Waals surface area contributed by atoms with Crippen LogP contribution < -0.4 is 0 Å². The quantitative estimate of drug-likeness (QED) is 0.262. The van der Waals surface area contributed by atoms with E-state index >= 15 is 0 Å². The summed E-state index contributed by atoms with van der Waals surface area (Å²) in [6.07, 6.45) is 26.7. The molecular formula is C37H59NO. The van der Waals surface area contributed by atoms with E-state index in [-0.39, 0.29) is 0 Å². The van der Waals surface area contributed by atoms with Crippen LogP contribution in [0.5, 0.6) is 0 Å². The maximum atomic E-state index is 5.84. The zero-order valence-electron chi connectivity index (χ0n) is 25.4. The van der Waals surface area contributed by atoms with Crippen molar-refractivity contribution in [2.75, 3.05) is 19.7 Å². The lowest BCUT2D eigenvalue weighted by Gasteiger charge is -2.46. The van der Waals surface area contributed by atoms with Gasteiger partial charge in [0.1, 0.15) is 0 Å². The molecule has 4 aliphatic rings. The van der Waals surface area contributed by atoms with Crippen molar-refractivity contribution in [1.29, 1.82) is 0 Å². The summed E-state index contributed by atoms with van der Waals surface area (Å²) in [4.78, 5) is 3.07. The smallest absolute Gasteiger partial charge is 0.0890 e. The number of benzene rings is 1. The molecule has 0 amide bonds. The van der Waals surface area contributed by atoms with Crippen molar-refractivity contribution < 1.29 is 4.74 Å². The Bertz CT molecular complexity index is 823. The summed E-state index contributed by atoms with van der Waals surface area (Å²) in [6, 6.07) is 10.9. The van der Waals surface area contributed by atoms with E-state index in [0.29, 0.717) is 17.9 Å². The zero-order valence-corrected chi connectivity index (χ0v) is 25.4. The molecule has 3 atom stereocenters. The number of ether oxygens (including phenoxy) is 1. The Labute approximate surface area is 241 Å². The van der Waals surface area contributed by atoms with Gasteiger partial charge in [-0.25, -0.2) is 0 Å². The molecule has 0 heterocycles. The molecule has 0 aromatic heterocycles. The molecule has 218 valence electrons. The van der Waals surface area contributed by atoms with Gasteiger partial charge < -0.3 is 4.74 Å². The van der Waals surface area contributed by atoms with Gasteiger partial charge in [0.2, 0.25) is 0 Å². The first-order valence-electron chi connectivity index (χ1n) is 17.3. The standard InChI is InChI=1S/C37H59NO/c1-3-39-29(2)25-32-19-24-37(36(26-32)35-22-20-34(21-23-35)33-17-11-6-12-18-33)38(27-30-13-7-4-8-14-30)28-31-15-9-5-10-16-31/h20-23,30-33,36-37H,2-19,24-28H2,1H3/t32?,36?,37-/m1/s1. The number of hydrogen-bond donors (Lipinski definition) is 0. The fourth-order valence-corrected chi connectivity index (χ4v) is 9.01. The minimum atomic E-state index is 0.644.